The van der Waals surface area contributed by atoms with Crippen molar-refractivity contribution in [3.63, 3.8) is 0 Å². The van der Waals surface area contributed by atoms with E-state index in [1.54, 1.807) is 0 Å². The monoisotopic (exact) mass is 271 g/mol. The van der Waals surface area contributed by atoms with Gasteiger partial charge in [0.25, 0.3) is 0 Å². The van der Waals surface area contributed by atoms with Crippen LogP contribution in [0.5, 0.6) is 0 Å². The van der Waals surface area contributed by atoms with Crippen LogP contribution in [0.4, 0.5) is 0 Å². The minimum Gasteiger partial charge on any atom is -0.465 e. The number of hydrogen-bond acceptors (Lipinski definition) is 5. The van der Waals surface area contributed by atoms with Gasteiger partial charge in [0.15, 0.2) is 0 Å². The van der Waals surface area contributed by atoms with Crippen LogP contribution in [0.3, 0.4) is 0 Å². The third-order valence-corrected chi connectivity index (χ3v) is 3.36. The number of nitrogens with one attached hydrogen (secondary N) is 1. The van der Waals surface area contributed by atoms with E-state index in [2.05, 4.69) is 36.0 Å². The molecule has 0 radical (unpaired) electrons. The van der Waals surface area contributed by atoms with E-state index in [0.717, 1.165) is 39.1 Å². The van der Waals surface area contributed by atoms with Crippen LogP contribution in [0.15, 0.2) is 0 Å². The smallest absolute Gasteiger partial charge is 0.324 e. The van der Waals surface area contributed by atoms with E-state index in [9.17, 15) is 4.79 Å². The van der Waals surface area contributed by atoms with Gasteiger partial charge in [0.2, 0.25) is 0 Å². The highest BCUT2D eigenvalue weighted by Crippen LogP contribution is 2.04. The Morgan fingerprint density at radius 2 is 2.00 bits per heavy atom. The maximum atomic E-state index is 12.0. The highest BCUT2D eigenvalue weighted by atomic mass is 16.5. The first-order chi connectivity index (χ1) is 9.02. The van der Waals surface area contributed by atoms with E-state index in [4.69, 9.17) is 4.74 Å². The lowest BCUT2D eigenvalue weighted by atomic mass is 10.2. The number of carbonyl (C=O) groups is 1. The van der Waals surface area contributed by atoms with Gasteiger partial charge >= 0.3 is 5.97 Å². The van der Waals surface area contributed by atoms with Crippen LogP contribution in [0, 0.1) is 0 Å². The maximum Gasteiger partial charge on any atom is 0.324 e. The Hall–Kier alpha value is -0.650. The second-order valence-electron chi connectivity index (χ2n) is 5.58. The summed E-state index contributed by atoms with van der Waals surface area (Å²) in [6, 6.07) is 0.0624. The van der Waals surface area contributed by atoms with Crippen LogP contribution >= 0.6 is 0 Å². The molecule has 1 heterocycles. The lowest BCUT2D eigenvalue weighted by molar-refractivity contribution is -0.146. The second kappa shape index (κ2) is 8.51. The average Bonchev–Trinajstić information content (AvgIpc) is 2.53. The van der Waals surface area contributed by atoms with Crippen LogP contribution in [-0.4, -0.2) is 74.2 Å². The van der Waals surface area contributed by atoms with Crippen LogP contribution in [0.2, 0.25) is 0 Å². The molecule has 19 heavy (non-hydrogen) atoms. The Balaban J connectivity index is 2.52. The Kier molecular flexibility index (Phi) is 7.34. The van der Waals surface area contributed by atoms with Gasteiger partial charge in [0.1, 0.15) is 6.04 Å². The molecule has 1 N–H and O–H groups in total. The molecule has 0 amide bonds. The van der Waals surface area contributed by atoms with Gasteiger partial charge in [-0.25, -0.2) is 0 Å². The maximum absolute atomic E-state index is 12.0. The molecule has 0 aromatic carbocycles. The van der Waals surface area contributed by atoms with E-state index >= 15 is 0 Å². The van der Waals surface area contributed by atoms with Crippen LogP contribution in [0.1, 0.15) is 27.2 Å². The highest BCUT2D eigenvalue weighted by molar-refractivity contribution is 5.76. The van der Waals surface area contributed by atoms with Gasteiger partial charge in [-0.15, -0.1) is 0 Å². The molecule has 1 atom stereocenters. The van der Waals surface area contributed by atoms with Gasteiger partial charge in [-0.2, -0.15) is 0 Å². The standard InChI is InChI=1S/C14H29N3O2/c1-5-19-14(18)13(15-12(2)3)11-17-8-6-7-16(4)9-10-17/h12-13,15H,5-11H2,1-4H3. The van der Waals surface area contributed by atoms with Crippen molar-refractivity contribution >= 4 is 5.97 Å². The van der Waals surface area contributed by atoms with Crippen molar-refractivity contribution in [1.82, 2.24) is 15.1 Å². The number of hydrogen-bond donors (Lipinski definition) is 1. The summed E-state index contributed by atoms with van der Waals surface area (Å²) in [5.41, 5.74) is 0. The number of ether oxygens (including phenoxy) is 1. The molecule has 0 aromatic rings. The van der Waals surface area contributed by atoms with Crippen molar-refractivity contribution < 1.29 is 9.53 Å². The summed E-state index contributed by atoms with van der Waals surface area (Å²) in [5, 5.41) is 3.31. The topological polar surface area (TPSA) is 44.8 Å². The lowest BCUT2D eigenvalue weighted by Crippen LogP contribution is -2.50. The zero-order valence-electron chi connectivity index (χ0n) is 12.8. The average molecular weight is 271 g/mol. The second-order valence-corrected chi connectivity index (χ2v) is 5.58. The summed E-state index contributed by atoms with van der Waals surface area (Å²) in [6.45, 7) is 11.4. The quantitative estimate of drug-likeness (QED) is 0.715. The van der Waals surface area contributed by atoms with Gasteiger partial charge in [0.05, 0.1) is 6.61 Å². The SMILES string of the molecule is CCOC(=O)C(CN1CCCN(C)CC1)NC(C)C. The predicted molar refractivity (Wildman–Crippen MR) is 77.2 cm³/mol. The summed E-state index contributed by atoms with van der Waals surface area (Å²) in [6.07, 6.45) is 1.16. The predicted octanol–water partition coefficient (Wildman–Crippen LogP) is 0.554. The molecular weight excluding hydrogens is 242 g/mol. The van der Waals surface area contributed by atoms with Crippen molar-refractivity contribution in [2.24, 2.45) is 0 Å². The molecular formula is C14H29N3O2. The van der Waals surface area contributed by atoms with Gasteiger partial charge in [0, 0.05) is 25.7 Å². The van der Waals surface area contributed by atoms with Gasteiger partial charge < -0.3 is 15.0 Å². The number of rotatable bonds is 6. The molecule has 1 rings (SSSR count). The molecule has 5 heteroatoms. The summed E-state index contributed by atoms with van der Waals surface area (Å²) in [7, 11) is 2.15. The number of nitrogens with zero attached hydrogens (tertiary/aromatic N) is 2. The number of esters is 1. The molecule has 1 saturated heterocycles. The Morgan fingerprint density at radius 1 is 1.26 bits per heavy atom. The normalized spacial score (nSPS) is 20.3. The molecule has 0 bridgehead atoms. The zero-order chi connectivity index (χ0) is 14.3. The van der Waals surface area contributed by atoms with Crippen molar-refractivity contribution in [3.8, 4) is 0 Å². The fourth-order valence-electron chi connectivity index (χ4n) is 2.38. The summed E-state index contributed by atoms with van der Waals surface area (Å²) in [5.74, 6) is -0.131. The fraction of sp³-hybridized carbons (Fsp3) is 0.929. The summed E-state index contributed by atoms with van der Waals surface area (Å²) >= 11 is 0. The zero-order valence-corrected chi connectivity index (χ0v) is 12.8. The highest BCUT2D eigenvalue weighted by Gasteiger charge is 2.24. The Labute approximate surface area is 117 Å². The van der Waals surface area contributed by atoms with Crippen LogP contribution in [-0.2, 0) is 9.53 Å². The minimum atomic E-state index is -0.219. The lowest BCUT2D eigenvalue weighted by Gasteiger charge is -2.27. The van der Waals surface area contributed by atoms with E-state index in [1.165, 1.54) is 0 Å². The van der Waals surface area contributed by atoms with Crippen molar-refractivity contribution in [3.05, 3.63) is 0 Å². The molecule has 1 aliphatic rings. The molecule has 0 aliphatic carbocycles. The van der Waals surface area contributed by atoms with Crippen LogP contribution in [0.25, 0.3) is 0 Å². The minimum absolute atomic E-state index is 0.131. The molecule has 0 saturated carbocycles. The van der Waals surface area contributed by atoms with Crippen molar-refractivity contribution in [2.45, 2.75) is 39.3 Å². The van der Waals surface area contributed by atoms with E-state index in [0.29, 0.717) is 6.61 Å². The van der Waals surface area contributed by atoms with Gasteiger partial charge in [-0.1, -0.05) is 13.8 Å². The van der Waals surface area contributed by atoms with Gasteiger partial charge in [-0.3, -0.25) is 9.69 Å². The van der Waals surface area contributed by atoms with Crippen molar-refractivity contribution in [2.75, 3.05) is 46.4 Å². The third-order valence-electron chi connectivity index (χ3n) is 3.36. The number of carbonyl (C=O) groups excluding carboxylic acids is 1. The van der Waals surface area contributed by atoms with E-state index < -0.39 is 0 Å². The Morgan fingerprint density at radius 3 is 2.63 bits per heavy atom. The third kappa shape index (κ3) is 6.36. The largest absolute Gasteiger partial charge is 0.465 e. The summed E-state index contributed by atoms with van der Waals surface area (Å²) in [4.78, 5) is 16.7. The molecule has 112 valence electrons. The molecule has 1 fully saturated rings. The number of likely N-dealkylation sites (N-methyl/N-ethyl adjacent to an activating group) is 1. The van der Waals surface area contributed by atoms with Crippen LogP contribution < -0.4 is 5.32 Å². The Bertz CT molecular complexity index is 271. The first-order valence-corrected chi connectivity index (χ1v) is 7.36. The van der Waals surface area contributed by atoms with E-state index in [1.807, 2.05) is 6.92 Å². The molecule has 1 aliphatic heterocycles. The van der Waals surface area contributed by atoms with E-state index in [-0.39, 0.29) is 18.1 Å². The fourth-order valence-corrected chi connectivity index (χ4v) is 2.38. The summed E-state index contributed by atoms with van der Waals surface area (Å²) < 4.78 is 5.16. The molecule has 0 aromatic heterocycles. The first-order valence-electron chi connectivity index (χ1n) is 7.36. The molecule has 1 unspecified atom stereocenters. The molecule has 0 spiro atoms. The van der Waals surface area contributed by atoms with Gasteiger partial charge in [-0.05, 0) is 33.5 Å². The first kappa shape index (κ1) is 16.4. The molecule has 5 nitrogen and oxygen atoms in total. The van der Waals surface area contributed by atoms with Crippen molar-refractivity contribution in [1.29, 1.82) is 0 Å².